The topological polar surface area (TPSA) is 226 Å². The predicted molar refractivity (Wildman–Crippen MR) is 224 cm³/mol. The number of benzene rings is 2. The first kappa shape index (κ1) is 51.0. The Hall–Kier alpha value is -4.61. The van der Waals surface area contributed by atoms with E-state index >= 15 is 0 Å². The summed E-state index contributed by atoms with van der Waals surface area (Å²) in [4.78, 5) is 62.6. The number of anilines is 1. The summed E-state index contributed by atoms with van der Waals surface area (Å²) in [6.07, 6.45) is -0.321. The molecule has 4 rings (SSSR count). The van der Waals surface area contributed by atoms with Crippen molar-refractivity contribution in [3.63, 3.8) is 0 Å². The lowest BCUT2D eigenvalue weighted by molar-refractivity contribution is -0.136. The average molecular weight is 891 g/mol. The van der Waals surface area contributed by atoms with Crippen LogP contribution in [0.5, 0.6) is 0 Å². The van der Waals surface area contributed by atoms with Gasteiger partial charge in [-0.1, -0.05) is 36.4 Å². The minimum atomic E-state index is -1.02. The van der Waals surface area contributed by atoms with Gasteiger partial charge in [0.2, 0.25) is 11.8 Å². The number of hydrogen-bond donors (Lipinski definition) is 3. The van der Waals surface area contributed by atoms with Crippen LogP contribution in [-0.4, -0.2) is 186 Å². The quantitative estimate of drug-likeness (QED) is 0.0647. The lowest BCUT2D eigenvalue weighted by Gasteiger charge is -2.27. The number of piperidine rings is 1. The monoisotopic (exact) mass is 890 g/mol. The van der Waals surface area contributed by atoms with Gasteiger partial charge < -0.3 is 62.7 Å². The van der Waals surface area contributed by atoms with Gasteiger partial charge in [0.25, 0.3) is 11.8 Å². The number of ether oxygens (including phenoxy) is 11. The molecule has 20 nitrogen and oxygen atoms in total. The van der Waals surface area contributed by atoms with Crippen LogP contribution in [0, 0.1) is 0 Å². The molecule has 1 saturated heterocycles. The number of alkyl carbamates (subject to hydrolysis) is 1. The average Bonchev–Trinajstić information content (AvgIpc) is 3.54. The van der Waals surface area contributed by atoms with E-state index < -0.39 is 35.8 Å². The fourth-order valence-corrected chi connectivity index (χ4v) is 6.00. The van der Waals surface area contributed by atoms with Crippen LogP contribution >= 0.6 is 0 Å². The third-order valence-corrected chi connectivity index (χ3v) is 9.11. The fourth-order valence-electron chi connectivity index (χ4n) is 6.00. The minimum Gasteiger partial charge on any atom is -0.445 e. The van der Waals surface area contributed by atoms with Gasteiger partial charge in [-0.2, -0.15) is 0 Å². The number of carbonyl (C=O) groups excluding carboxylic acids is 5. The molecule has 1 atom stereocenters. The van der Waals surface area contributed by atoms with Crippen LogP contribution < -0.4 is 16.0 Å². The van der Waals surface area contributed by atoms with E-state index in [1.165, 1.54) is 0 Å². The smallest absolute Gasteiger partial charge is 0.407 e. The van der Waals surface area contributed by atoms with Crippen LogP contribution in [0.4, 0.5) is 10.5 Å². The zero-order chi connectivity index (χ0) is 44.6. The zero-order valence-electron chi connectivity index (χ0n) is 35.9. The van der Waals surface area contributed by atoms with Crippen molar-refractivity contribution in [1.82, 2.24) is 15.5 Å². The Morgan fingerprint density at radius 1 is 0.556 bits per heavy atom. The van der Waals surface area contributed by atoms with Gasteiger partial charge in [0.15, 0.2) is 0 Å². The third-order valence-electron chi connectivity index (χ3n) is 9.11. The molecule has 3 N–H and O–H groups in total. The molecule has 0 radical (unpaired) electrons. The third kappa shape index (κ3) is 20.6. The molecule has 1 unspecified atom stereocenters. The summed E-state index contributed by atoms with van der Waals surface area (Å²) in [5.41, 5.74) is 1.82. The number of rotatable bonds is 37. The largest absolute Gasteiger partial charge is 0.445 e. The highest BCUT2D eigenvalue weighted by atomic mass is 16.6. The van der Waals surface area contributed by atoms with Crippen molar-refractivity contribution in [3.05, 3.63) is 65.2 Å². The second-order valence-electron chi connectivity index (χ2n) is 13.7. The maximum atomic E-state index is 13.2. The number of imide groups is 2. The second-order valence-corrected chi connectivity index (χ2v) is 13.7. The molecular formula is C43H62N4O16. The number of nitrogens with zero attached hydrogens (tertiary/aromatic N) is 1. The Morgan fingerprint density at radius 3 is 1.49 bits per heavy atom. The van der Waals surface area contributed by atoms with Gasteiger partial charge in [0.05, 0.1) is 143 Å². The van der Waals surface area contributed by atoms with E-state index in [1.54, 1.807) is 18.2 Å². The van der Waals surface area contributed by atoms with Gasteiger partial charge in [0, 0.05) is 25.2 Å². The lowest BCUT2D eigenvalue weighted by Crippen LogP contribution is -2.54. The molecule has 20 heteroatoms. The number of carbonyl (C=O) groups is 5. The van der Waals surface area contributed by atoms with Crippen molar-refractivity contribution in [1.29, 1.82) is 0 Å². The second kappa shape index (κ2) is 32.1. The van der Waals surface area contributed by atoms with E-state index in [0.29, 0.717) is 151 Å². The number of fused-ring (bicyclic) bond motifs is 1. The molecule has 0 aliphatic carbocycles. The van der Waals surface area contributed by atoms with E-state index in [1.807, 2.05) is 30.3 Å². The van der Waals surface area contributed by atoms with Gasteiger partial charge in [-0.15, -0.1) is 0 Å². The molecule has 2 aromatic carbocycles. The first-order valence-corrected chi connectivity index (χ1v) is 21.3. The highest BCUT2D eigenvalue weighted by Gasteiger charge is 2.45. The van der Waals surface area contributed by atoms with E-state index in [0.717, 1.165) is 10.5 Å². The van der Waals surface area contributed by atoms with E-state index in [4.69, 9.17) is 52.1 Å². The zero-order valence-corrected chi connectivity index (χ0v) is 35.9. The summed E-state index contributed by atoms with van der Waals surface area (Å²) in [6.45, 7) is 9.50. The Bertz CT molecular complexity index is 1640. The van der Waals surface area contributed by atoms with Gasteiger partial charge in [-0.3, -0.25) is 29.4 Å². The first-order chi connectivity index (χ1) is 31.0. The lowest BCUT2D eigenvalue weighted by atomic mass is 10.0. The molecule has 0 spiro atoms. The van der Waals surface area contributed by atoms with E-state index in [2.05, 4.69) is 16.0 Å². The van der Waals surface area contributed by atoms with Gasteiger partial charge in [-0.05, 0) is 24.1 Å². The molecule has 2 aliphatic heterocycles. The summed E-state index contributed by atoms with van der Waals surface area (Å²) in [6, 6.07) is 13.4. The summed E-state index contributed by atoms with van der Waals surface area (Å²) in [5.74, 6) is -2.18. The van der Waals surface area contributed by atoms with Crippen molar-refractivity contribution in [2.24, 2.45) is 0 Å². The van der Waals surface area contributed by atoms with Crippen LogP contribution in [0.3, 0.4) is 0 Å². The van der Waals surface area contributed by atoms with Crippen LogP contribution in [0.1, 0.15) is 39.1 Å². The molecule has 350 valence electrons. The Kier molecular flexibility index (Phi) is 26.0. The summed E-state index contributed by atoms with van der Waals surface area (Å²) in [7, 11) is 0. The minimum absolute atomic E-state index is 0.0612. The van der Waals surface area contributed by atoms with Crippen molar-refractivity contribution in [2.75, 3.05) is 151 Å². The van der Waals surface area contributed by atoms with Crippen molar-refractivity contribution < 1.29 is 76.1 Å². The number of hydrogen-bond acceptors (Lipinski definition) is 17. The predicted octanol–water partition coefficient (Wildman–Crippen LogP) is 1.59. The highest BCUT2D eigenvalue weighted by Crippen LogP contribution is 2.32. The van der Waals surface area contributed by atoms with Crippen molar-refractivity contribution >= 4 is 35.4 Å². The maximum Gasteiger partial charge on any atom is 0.407 e. The molecule has 2 heterocycles. The van der Waals surface area contributed by atoms with Crippen LogP contribution in [0.2, 0.25) is 0 Å². The molecule has 0 saturated carbocycles. The summed E-state index contributed by atoms with van der Waals surface area (Å²) >= 11 is 0. The molecule has 63 heavy (non-hydrogen) atoms. The Balaban J connectivity index is 0.803. The van der Waals surface area contributed by atoms with Crippen LogP contribution in [0.15, 0.2) is 48.5 Å². The standard InChI is InChI=1S/C43H62N4O16/c48-38-10-9-37(40(49)46-38)47-41(50)35-7-4-8-36(39(35)42(47)51)44-11-13-53-15-17-55-19-21-57-23-25-59-27-29-61-31-32-62-30-28-60-26-24-58-22-20-56-18-16-54-14-12-45-43(52)63-33-34-5-2-1-3-6-34/h1-8,37,44H,9-33H2,(H,45,52)(H,46,48,49). The van der Waals surface area contributed by atoms with Crippen molar-refractivity contribution in [3.8, 4) is 0 Å². The summed E-state index contributed by atoms with van der Waals surface area (Å²) in [5, 5.41) is 7.97. The Morgan fingerprint density at radius 2 is 1.02 bits per heavy atom. The van der Waals surface area contributed by atoms with Gasteiger partial charge in [-0.25, -0.2) is 4.79 Å². The number of nitrogens with one attached hydrogen (secondary N) is 3. The summed E-state index contributed by atoms with van der Waals surface area (Å²) < 4.78 is 60.1. The molecule has 5 amide bonds. The van der Waals surface area contributed by atoms with Gasteiger partial charge >= 0.3 is 6.09 Å². The molecule has 2 aliphatic rings. The molecule has 2 aromatic rings. The van der Waals surface area contributed by atoms with Gasteiger partial charge in [0.1, 0.15) is 12.6 Å². The fraction of sp³-hybridized carbons (Fsp3) is 0.605. The maximum absolute atomic E-state index is 13.2. The SMILES string of the molecule is O=C1CCC(N2C(=O)c3cccc(NCCOCCOCCOCCOCCOCCOCCOCCOCCOCCOCCNC(=O)OCc4ccccc4)c3C2=O)C(=O)N1. The van der Waals surface area contributed by atoms with Crippen molar-refractivity contribution in [2.45, 2.75) is 25.5 Å². The van der Waals surface area contributed by atoms with Crippen LogP contribution in [-0.2, 0) is 68.3 Å². The van der Waals surface area contributed by atoms with Crippen LogP contribution in [0.25, 0.3) is 0 Å². The molecule has 0 aromatic heterocycles. The van der Waals surface area contributed by atoms with E-state index in [9.17, 15) is 24.0 Å². The molecular weight excluding hydrogens is 828 g/mol. The number of amides is 5. The normalized spacial score (nSPS) is 14.9. The van der Waals surface area contributed by atoms with E-state index in [-0.39, 0.29) is 30.6 Å². The molecule has 1 fully saturated rings. The Labute approximate surface area is 367 Å². The highest BCUT2D eigenvalue weighted by molar-refractivity contribution is 6.25. The first-order valence-electron chi connectivity index (χ1n) is 21.3. The molecule has 0 bridgehead atoms.